The van der Waals surface area contributed by atoms with Gasteiger partial charge < -0.3 is 9.72 Å². The molecule has 0 bridgehead atoms. The van der Waals surface area contributed by atoms with E-state index >= 15 is 0 Å². The maximum absolute atomic E-state index is 12.3. The second-order valence-electron chi connectivity index (χ2n) is 6.51. The zero-order chi connectivity index (χ0) is 17.2. The first-order chi connectivity index (χ1) is 12.2. The number of fused-ring (bicyclic) bond motifs is 1. The standard InChI is InChI=1S/C20H21N3O2/c1-25-16-10-6-14(7-11-16)12-23(15-8-9-15)13-19-21-18-5-3-2-4-17(18)20(24)22-19/h2-7,10-11,15H,8-9,12-13H2,1H3,(H,21,22,24). The minimum absolute atomic E-state index is 0.0687. The van der Waals surface area contributed by atoms with Crippen molar-refractivity contribution in [2.75, 3.05) is 7.11 Å². The van der Waals surface area contributed by atoms with E-state index in [4.69, 9.17) is 4.74 Å². The van der Waals surface area contributed by atoms with Gasteiger partial charge in [0.25, 0.3) is 5.56 Å². The molecule has 4 rings (SSSR count). The number of ether oxygens (including phenoxy) is 1. The fraction of sp³-hybridized carbons (Fsp3) is 0.300. The molecule has 1 heterocycles. The van der Waals surface area contributed by atoms with Gasteiger partial charge in [0.05, 0.1) is 24.6 Å². The number of aromatic nitrogens is 2. The fourth-order valence-corrected chi connectivity index (χ4v) is 3.12. The molecule has 2 aromatic carbocycles. The summed E-state index contributed by atoms with van der Waals surface area (Å²) in [4.78, 5) is 22.2. The van der Waals surface area contributed by atoms with Crippen LogP contribution in [0.5, 0.6) is 5.75 Å². The third-order valence-electron chi connectivity index (χ3n) is 4.62. The van der Waals surface area contributed by atoms with Crippen molar-refractivity contribution in [1.82, 2.24) is 14.9 Å². The van der Waals surface area contributed by atoms with Gasteiger partial charge in [0.1, 0.15) is 11.6 Å². The number of aromatic amines is 1. The van der Waals surface area contributed by atoms with Crippen molar-refractivity contribution in [3.05, 3.63) is 70.3 Å². The average molecular weight is 335 g/mol. The number of H-pyrrole nitrogens is 1. The minimum atomic E-state index is -0.0687. The van der Waals surface area contributed by atoms with Crippen LogP contribution >= 0.6 is 0 Å². The molecule has 0 spiro atoms. The zero-order valence-electron chi connectivity index (χ0n) is 14.2. The Bertz CT molecular complexity index is 930. The van der Waals surface area contributed by atoms with E-state index in [1.165, 1.54) is 18.4 Å². The summed E-state index contributed by atoms with van der Waals surface area (Å²) in [5.74, 6) is 1.59. The van der Waals surface area contributed by atoms with Crippen molar-refractivity contribution < 1.29 is 4.74 Å². The minimum Gasteiger partial charge on any atom is -0.497 e. The normalized spacial score (nSPS) is 14.2. The van der Waals surface area contributed by atoms with Gasteiger partial charge in [-0.1, -0.05) is 24.3 Å². The molecule has 128 valence electrons. The second kappa shape index (κ2) is 6.69. The van der Waals surface area contributed by atoms with E-state index in [9.17, 15) is 4.79 Å². The van der Waals surface area contributed by atoms with E-state index in [0.717, 1.165) is 23.6 Å². The Morgan fingerprint density at radius 3 is 2.60 bits per heavy atom. The lowest BCUT2D eigenvalue weighted by molar-refractivity contribution is 0.239. The van der Waals surface area contributed by atoms with Gasteiger partial charge in [-0.3, -0.25) is 9.69 Å². The molecule has 0 unspecified atom stereocenters. The van der Waals surface area contributed by atoms with Crippen LogP contribution in [0.4, 0.5) is 0 Å². The van der Waals surface area contributed by atoms with E-state index in [-0.39, 0.29) is 5.56 Å². The number of nitrogens with zero attached hydrogens (tertiary/aromatic N) is 2. The molecule has 5 heteroatoms. The molecular formula is C20H21N3O2. The van der Waals surface area contributed by atoms with Crippen molar-refractivity contribution in [3.63, 3.8) is 0 Å². The van der Waals surface area contributed by atoms with Crippen LogP contribution in [-0.4, -0.2) is 28.0 Å². The number of hydrogen-bond donors (Lipinski definition) is 1. The quantitative estimate of drug-likeness (QED) is 0.752. The Hall–Kier alpha value is -2.66. The highest BCUT2D eigenvalue weighted by Gasteiger charge is 2.29. The van der Waals surface area contributed by atoms with Gasteiger partial charge in [-0.05, 0) is 42.7 Å². The number of benzene rings is 2. The third kappa shape index (κ3) is 3.56. The van der Waals surface area contributed by atoms with Crippen molar-refractivity contribution in [2.45, 2.75) is 32.0 Å². The topological polar surface area (TPSA) is 58.2 Å². The molecule has 25 heavy (non-hydrogen) atoms. The van der Waals surface area contributed by atoms with Gasteiger partial charge in [-0.25, -0.2) is 4.98 Å². The number of nitrogens with one attached hydrogen (secondary N) is 1. The molecule has 1 aromatic heterocycles. The number of rotatable bonds is 6. The molecular weight excluding hydrogens is 314 g/mol. The smallest absolute Gasteiger partial charge is 0.258 e. The lowest BCUT2D eigenvalue weighted by Crippen LogP contribution is -2.27. The highest BCUT2D eigenvalue weighted by molar-refractivity contribution is 5.77. The molecule has 1 fully saturated rings. The van der Waals surface area contributed by atoms with Gasteiger partial charge in [0.15, 0.2) is 0 Å². The summed E-state index contributed by atoms with van der Waals surface area (Å²) >= 11 is 0. The van der Waals surface area contributed by atoms with Crippen LogP contribution in [0.3, 0.4) is 0 Å². The molecule has 0 radical (unpaired) electrons. The second-order valence-corrected chi connectivity index (χ2v) is 6.51. The molecule has 0 atom stereocenters. The lowest BCUT2D eigenvalue weighted by Gasteiger charge is -2.21. The first-order valence-electron chi connectivity index (χ1n) is 8.58. The Morgan fingerprint density at radius 2 is 1.88 bits per heavy atom. The van der Waals surface area contributed by atoms with Crippen LogP contribution in [0.1, 0.15) is 24.2 Å². The van der Waals surface area contributed by atoms with E-state index < -0.39 is 0 Å². The number of para-hydroxylation sites is 1. The first kappa shape index (κ1) is 15.8. The van der Waals surface area contributed by atoms with Crippen LogP contribution in [0.25, 0.3) is 10.9 Å². The summed E-state index contributed by atoms with van der Waals surface area (Å²) in [6.07, 6.45) is 2.40. The molecule has 0 amide bonds. The highest BCUT2D eigenvalue weighted by Crippen LogP contribution is 2.29. The number of methoxy groups -OCH3 is 1. The molecule has 0 saturated heterocycles. The van der Waals surface area contributed by atoms with Crippen LogP contribution in [0.2, 0.25) is 0 Å². The Morgan fingerprint density at radius 1 is 1.12 bits per heavy atom. The van der Waals surface area contributed by atoms with Gasteiger partial charge in [-0.15, -0.1) is 0 Å². The van der Waals surface area contributed by atoms with Crippen LogP contribution in [-0.2, 0) is 13.1 Å². The molecule has 5 nitrogen and oxygen atoms in total. The lowest BCUT2D eigenvalue weighted by atomic mass is 10.2. The van der Waals surface area contributed by atoms with Crippen molar-refractivity contribution >= 4 is 10.9 Å². The van der Waals surface area contributed by atoms with Gasteiger partial charge in [0.2, 0.25) is 0 Å². The zero-order valence-corrected chi connectivity index (χ0v) is 14.2. The maximum Gasteiger partial charge on any atom is 0.258 e. The van der Waals surface area contributed by atoms with Gasteiger partial charge in [0, 0.05) is 12.6 Å². The molecule has 3 aromatic rings. The molecule has 1 N–H and O–H groups in total. The van der Waals surface area contributed by atoms with Gasteiger partial charge in [-0.2, -0.15) is 0 Å². The molecule has 1 aliphatic rings. The third-order valence-corrected chi connectivity index (χ3v) is 4.62. The summed E-state index contributed by atoms with van der Waals surface area (Å²) < 4.78 is 5.22. The summed E-state index contributed by atoms with van der Waals surface area (Å²) in [6.45, 7) is 1.49. The Balaban J connectivity index is 1.56. The fourth-order valence-electron chi connectivity index (χ4n) is 3.12. The Kier molecular flexibility index (Phi) is 4.24. The first-order valence-corrected chi connectivity index (χ1v) is 8.58. The van der Waals surface area contributed by atoms with Crippen molar-refractivity contribution in [2.24, 2.45) is 0 Å². The maximum atomic E-state index is 12.3. The summed E-state index contributed by atoms with van der Waals surface area (Å²) in [7, 11) is 1.67. The SMILES string of the molecule is COc1ccc(CN(Cc2nc3ccccc3c(=O)[nH]2)C2CC2)cc1. The van der Waals surface area contributed by atoms with Crippen LogP contribution in [0, 0.1) is 0 Å². The van der Waals surface area contributed by atoms with E-state index in [1.807, 2.05) is 30.3 Å². The Labute approximate surface area is 146 Å². The highest BCUT2D eigenvalue weighted by atomic mass is 16.5. The van der Waals surface area contributed by atoms with E-state index in [0.29, 0.717) is 18.0 Å². The molecule has 1 aliphatic carbocycles. The molecule has 1 saturated carbocycles. The van der Waals surface area contributed by atoms with Crippen molar-refractivity contribution in [3.8, 4) is 5.75 Å². The summed E-state index contributed by atoms with van der Waals surface area (Å²) in [6, 6.07) is 16.2. The van der Waals surface area contributed by atoms with Crippen LogP contribution < -0.4 is 10.3 Å². The van der Waals surface area contributed by atoms with Gasteiger partial charge >= 0.3 is 0 Å². The van der Waals surface area contributed by atoms with Crippen molar-refractivity contribution in [1.29, 1.82) is 0 Å². The molecule has 0 aliphatic heterocycles. The monoisotopic (exact) mass is 335 g/mol. The van der Waals surface area contributed by atoms with E-state index in [2.05, 4.69) is 27.0 Å². The van der Waals surface area contributed by atoms with Crippen LogP contribution in [0.15, 0.2) is 53.3 Å². The largest absolute Gasteiger partial charge is 0.497 e. The predicted octanol–water partition coefficient (Wildman–Crippen LogP) is 3.10. The average Bonchev–Trinajstić information content (AvgIpc) is 3.47. The predicted molar refractivity (Wildman–Crippen MR) is 97.6 cm³/mol. The number of hydrogen-bond acceptors (Lipinski definition) is 4. The summed E-state index contributed by atoms with van der Waals surface area (Å²) in [5.41, 5.74) is 1.91. The summed E-state index contributed by atoms with van der Waals surface area (Å²) in [5, 5.41) is 0.638. The van der Waals surface area contributed by atoms with E-state index in [1.54, 1.807) is 13.2 Å².